The molecule has 0 unspecified atom stereocenters. The van der Waals surface area contributed by atoms with Gasteiger partial charge in [-0.3, -0.25) is 0 Å². The van der Waals surface area contributed by atoms with Crippen molar-refractivity contribution in [3.8, 4) is 0 Å². The Hall–Kier alpha value is -1.77. The Morgan fingerprint density at radius 1 is 1.17 bits per heavy atom. The Bertz CT molecular complexity index is 985. The van der Waals surface area contributed by atoms with Crippen molar-refractivity contribution < 1.29 is 17.9 Å². The van der Waals surface area contributed by atoms with Crippen LogP contribution in [-0.2, 0) is 21.3 Å². The number of hydrogen-bond donors (Lipinski definition) is 0. The highest BCUT2D eigenvalue weighted by molar-refractivity contribution is 7.89. The van der Waals surface area contributed by atoms with Gasteiger partial charge in [0.1, 0.15) is 5.01 Å². The average molecular weight is 451 g/mol. The van der Waals surface area contributed by atoms with Gasteiger partial charge in [0.2, 0.25) is 10.0 Å². The van der Waals surface area contributed by atoms with Gasteiger partial charge in [-0.15, -0.1) is 11.3 Å². The molecule has 0 bridgehead atoms. The van der Waals surface area contributed by atoms with Crippen LogP contribution < -0.4 is 0 Å². The fourth-order valence-corrected chi connectivity index (χ4v) is 7.19. The van der Waals surface area contributed by atoms with Gasteiger partial charge in [-0.05, 0) is 51.7 Å². The van der Waals surface area contributed by atoms with Gasteiger partial charge in [0.15, 0.2) is 5.69 Å². The highest BCUT2D eigenvalue weighted by Crippen LogP contribution is 2.33. The van der Waals surface area contributed by atoms with Crippen LogP contribution in [0, 0.1) is 20.8 Å². The molecule has 1 fully saturated rings. The number of benzene rings is 1. The van der Waals surface area contributed by atoms with Crippen LogP contribution in [0.5, 0.6) is 0 Å². The lowest BCUT2D eigenvalue weighted by atomic mass is 9.95. The highest BCUT2D eigenvalue weighted by Gasteiger charge is 2.35. The maximum Gasteiger partial charge on any atom is 0.357 e. The lowest BCUT2D eigenvalue weighted by Gasteiger charge is -2.33. The second-order valence-electron chi connectivity index (χ2n) is 7.92. The summed E-state index contributed by atoms with van der Waals surface area (Å²) >= 11 is 1.30. The van der Waals surface area contributed by atoms with Crippen LogP contribution in [0.2, 0.25) is 0 Å². The standard InChI is InChI=1S/C22H30N2O4S2/c1-5-28-22(25)19-14-29-20(23-19)13-24(18-9-7-6-8-10-18)30(26,27)21-16(3)11-15(2)12-17(21)4/h11-12,14,18H,5-10,13H2,1-4H3. The molecular weight excluding hydrogens is 420 g/mol. The summed E-state index contributed by atoms with van der Waals surface area (Å²) in [6.07, 6.45) is 4.87. The number of hydrogen-bond acceptors (Lipinski definition) is 6. The van der Waals surface area contributed by atoms with Crippen LogP contribution >= 0.6 is 11.3 Å². The Balaban J connectivity index is 1.98. The zero-order valence-corrected chi connectivity index (χ0v) is 19.7. The molecule has 6 nitrogen and oxygen atoms in total. The molecule has 0 saturated heterocycles. The smallest absolute Gasteiger partial charge is 0.357 e. The Labute approximate surface area is 183 Å². The first kappa shape index (κ1) is 22.9. The number of esters is 1. The molecule has 0 spiro atoms. The van der Waals surface area contributed by atoms with Gasteiger partial charge < -0.3 is 4.74 Å². The maximum absolute atomic E-state index is 13.8. The number of sulfonamides is 1. The third-order valence-corrected chi connectivity index (χ3v) is 8.52. The van der Waals surface area contributed by atoms with Gasteiger partial charge in [-0.1, -0.05) is 37.0 Å². The van der Waals surface area contributed by atoms with Crippen molar-refractivity contribution in [2.45, 2.75) is 77.3 Å². The minimum Gasteiger partial charge on any atom is -0.461 e. The highest BCUT2D eigenvalue weighted by atomic mass is 32.2. The van der Waals surface area contributed by atoms with E-state index in [1.54, 1.807) is 16.6 Å². The van der Waals surface area contributed by atoms with Crippen molar-refractivity contribution in [3.63, 3.8) is 0 Å². The number of aryl methyl sites for hydroxylation is 3. The first-order valence-electron chi connectivity index (χ1n) is 10.4. The molecule has 1 aromatic carbocycles. The van der Waals surface area contributed by atoms with E-state index in [1.165, 1.54) is 11.3 Å². The molecule has 0 atom stereocenters. The van der Waals surface area contributed by atoms with Gasteiger partial charge in [0.05, 0.1) is 18.0 Å². The quantitative estimate of drug-likeness (QED) is 0.568. The van der Waals surface area contributed by atoms with Gasteiger partial charge >= 0.3 is 5.97 Å². The van der Waals surface area contributed by atoms with E-state index in [0.717, 1.165) is 48.8 Å². The van der Waals surface area contributed by atoms with Gasteiger partial charge in [0, 0.05) is 11.4 Å². The van der Waals surface area contributed by atoms with Crippen molar-refractivity contribution in [1.29, 1.82) is 0 Å². The predicted molar refractivity (Wildman–Crippen MR) is 118 cm³/mol. The number of carbonyl (C=O) groups is 1. The van der Waals surface area contributed by atoms with E-state index < -0.39 is 16.0 Å². The van der Waals surface area contributed by atoms with Gasteiger partial charge in [-0.25, -0.2) is 18.2 Å². The molecule has 0 aliphatic heterocycles. The maximum atomic E-state index is 13.8. The fraction of sp³-hybridized carbons (Fsp3) is 0.545. The fourth-order valence-electron chi connectivity index (χ4n) is 4.29. The molecule has 3 rings (SSSR count). The normalized spacial score (nSPS) is 15.5. The monoisotopic (exact) mass is 450 g/mol. The topological polar surface area (TPSA) is 76.6 Å². The number of nitrogens with zero attached hydrogens (tertiary/aromatic N) is 2. The van der Waals surface area contributed by atoms with Crippen molar-refractivity contribution >= 4 is 27.3 Å². The van der Waals surface area contributed by atoms with E-state index in [4.69, 9.17) is 4.74 Å². The summed E-state index contributed by atoms with van der Waals surface area (Å²) in [6.45, 7) is 7.88. The Morgan fingerprint density at radius 2 is 1.80 bits per heavy atom. The molecule has 1 aromatic heterocycles. The molecule has 0 radical (unpaired) electrons. The largest absolute Gasteiger partial charge is 0.461 e. The minimum absolute atomic E-state index is 0.0567. The zero-order chi connectivity index (χ0) is 21.9. The van der Waals surface area contributed by atoms with Crippen LogP contribution in [0.25, 0.3) is 0 Å². The summed E-state index contributed by atoms with van der Waals surface area (Å²) < 4.78 is 34.3. The molecule has 1 aliphatic rings. The molecule has 0 amide bonds. The van der Waals surface area contributed by atoms with Gasteiger partial charge in [-0.2, -0.15) is 4.31 Å². The van der Waals surface area contributed by atoms with E-state index >= 15 is 0 Å². The number of rotatable bonds is 7. The number of aromatic nitrogens is 1. The van der Waals surface area contributed by atoms with Crippen molar-refractivity contribution in [2.75, 3.05) is 6.61 Å². The average Bonchev–Trinajstić information content (AvgIpc) is 3.15. The van der Waals surface area contributed by atoms with Crippen LogP contribution in [0.3, 0.4) is 0 Å². The van der Waals surface area contributed by atoms with E-state index in [-0.39, 0.29) is 24.9 Å². The molecule has 1 saturated carbocycles. The summed E-state index contributed by atoms with van der Waals surface area (Å²) in [6, 6.07) is 3.78. The van der Waals surface area contributed by atoms with Crippen LogP contribution in [0.1, 0.15) is 71.2 Å². The van der Waals surface area contributed by atoms with E-state index in [1.807, 2.05) is 32.9 Å². The van der Waals surface area contributed by atoms with Crippen LogP contribution in [-0.4, -0.2) is 36.3 Å². The van der Waals surface area contributed by atoms with Crippen molar-refractivity contribution in [3.05, 3.63) is 44.9 Å². The summed E-state index contributed by atoms with van der Waals surface area (Å²) in [7, 11) is -3.71. The minimum atomic E-state index is -3.71. The number of carbonyl (C=O) groups excluding carboxylic acids is 1. The molecule has 0 N–H and O–H groups in total. The van der Waals surface area contributed by atoms with E-state index in [2.05, 4.69) is 4.98 Å². The number of ether oxygens (including phenoxy) is 1. The zero-order valence-electron chi connectivity index (χ0n) is 18.1. The van der Waals surface area contributed by atoms with Crippen molar-refractivity contribution in [2.24, 2.45) is 0 Å². The van der Waals surface area contributed by atoms with E-state index in [0.29, 0.717) is 9.90 Å². The van der Waals surface area contributed by atoms with Crippen molar-refractivity contribution in [1.82, 2.24) is 9.29 Å². The second kappa shape index (κ2) is 9.58. The predicted octanol–water partition coefficient (Wildman–Crippen LogP) is 4.77. The lowest BCUT2D eigenvalue weighted by Crippen LogP contribution is -2.41. The summed E-state index contributed by atoms with van der Waals surface area (Å²) in [5.41, 5.74) is 2.81. The summed E-state index contributed by atoms with van der Waals surface area (Å²) in [4.78, 5) is 16.7. The van der Waals surface area contributed by atoms with Crippen LogP contribution in [0.4, 0.5) is 0 Å². The SMILES string of the molecule is CCOC(=O)c1csc(CN(C2CCCCC2)S(=O)(=O)c2c(C)cc(C)cc2C)n1. The van der Waals surface area contributed by atoms with Crippen LogP contribution in [0.15, 0.2) is 22.4 Å². The Kier molecular flexibility index (Phi) is 7.31. The second-order valence-corrected chi connectivity index (χ2v) is 10.7. The lowest BCUT2D eigenvalue weighted by molar-refractivity contribution is 0.0520. The van der Waals surface area contributed by atoms with Gasteiger partial charge in [0.25, 0.3) is 0 Å². The molecule has 1 heterocycles. The Morgan fingerprint density at radius 3 is 2.40 bits per heavy atom. The molecular formula is C22H30N2O4S2. The van der Waals surface area contributed by atoms with E-state index in [9.17, 15) is 13.2 Å². The first-order chi connectivity index (χ1) is 14.2. The first-order valence-corrected chi connectivity index (χ1v) is 12.8. The molecule has 2 aromatic rings. The molecule has 30 heavy (non-hydrogen) atoms. The molecule has 164 valence electrons. The molecule has 8 heteroatoms. The number of thiazole rings is 1. The summed E-state index contributed by atoms with van der Waals surface area (Å²) in [5.74, 6) is -0.475. The third-order valence-electron chi connectivity index (χ3n) is 5.48. The summed E-state index contributed by atoms with van der Waals surface area (Å²) in [5, 5.41) is 2.25. The third kappa shape index (κ3) is 4.92. The molecule has 1 aliphatic carbocycles.